The number of aryl methyl sites for hydroxylation is 1. The van der Waals surface area contributed by atoms with Crippen molar-refractivity contribution in [1.82, 2.24) is 29.8 Å². The molecule has 1 aliphatic rings. The lowest BCUT2D eigenvalue weighted by molar-refractivity contribution is 0.0941. The lowest BCUT2D eigenvalue weighted by Crippen LogP contribution is -2.31. The van der Waals surface area contributed by atoms with Gasteiger partial charge in [-0.3, -0.25) is 4.79 Å². The van der Waals surface area contributed by atoms with E-state index in [9.17, 15) is 4.79 Å². The van der Waals surface area contributed by atoms with Crippen LogP contribution in [0, 0.1) is 5.92 Å². The molecule has 7 nitrogen and oxygen atoms in total. The number of rotatable bonds is 4. The fraction of sp³-hybridized carbons (Fsp3) is 0.529. The molecule has 0 spiro atoms. The minimum Gasteiger partial charge on any atom is -0.348 e. The zero-order chi connectivity index (χ0) is 17.6. The molecule has 3 heterocycles. The fourth-order valence-corrected chi connectivity index (χ4v) is 4.49. The predicted molar refractivity (Wildman–Crippen MR) is 98.2 cm³/mol. The molecule has 3 aromatic heterocycles. The van der Waals surface area contributed by atoms with Gasteiger partial charge in [-0.1, -0.05) is 6.92 Å². The molecule has 25 heavy (non-hydrogen) atoms. The topological polar surface area (TPSA) is 75.4 Å². The van der Waals surface area contributed by atoms with E-state index in [1.165, 1.54) is 16.9 Å². The SMILES string of the molecule is C[C@H]1CCc2sc3ncn4nc(C(=O)NCCN(C)C)nc4c3c2C1. The maximum absolute atomic E-state index is 12.3. The van der Waals surface area contributed by atoms with Crippen LogP contribution in [-0.2, 0) is 12.8 Å². The highest BCUT2D eigenvalue weighted by molar-refractivity contribution is 7.19. The molecule has 1 aliphatic carbocycles. The maximum atomic E-state index is 12.3. The van der Waals surface area contributed by atoms with Crippen molar-refractivity contribution in [2.75, 3.05) is 27.2 Å². The summed E-state index contributed by atoms with van der Waals surface area (Å²) in [6.45, 7) is 3.63. The summed E-state index contributed by atoms with van der Waals surface area (Å²) < 4.78 is 1.63. The van der Waals surface area contributed by atoms with E-state index in [4.69, 9.17) is 0 Å². The van der Waals surface area contributed by atoms with E-state index in [2.05, 4.69) is 27.3 Å². The van der Waals surface area contributed by atoms with Crippen molar-refractivity contribution >= 4 is 33.1 Å². The monoisotopic (exact) mass is 358 g/mol. The van der Waals surface area contributed by atoms with Gasteiger partial charge in [0.05, 0.1) is 5.39 Å². The lowest BCUT2D eigenvalue weighted by atomic mass is 9.89. The molecule has 4 rings (SSSR count). The van der Waals surface area contributed by atoms with Crippen molar-refractivity contribution in [2.24, 2.45) is 5.92 Å². The van der Waals surface area contributed by atoms with Crippen LogP contribution >= 0.6 is 11.3 Å². The maximum Gasteiger partial charge on any atom is 0.291 e. The molecule has 0 unspecified atom stereocenters. The molecule has 0 radical (unpaired) electrons. The zero-order valence-electron chi connectivity index (χ0n) is 14.7. The normalized spacial score (nSPS) is 17.4. The van der Waals surface area contributed by atoms with Crippen LogP contribution in [-0.4, -0.2) is 57.6 Å². The van der Waals surface area contributed by atoms with Crippen LogP contribution in [0.5, 0.6) is 0 Å². The summed E-state index contributed by atoms with van der Waals surface area (Å²) in [5, 5.41) is 8.27. The second-order valence-corrected chi connectivity index (χ2v) is 8.12. The molecule has 8 heteroatoms. The molecule has 3 aromatic rings. The quantitative estimate of drug-likeness (QED) is 0.769. The van der Waals surface area contributed by atoms with Crippen molar-refractivity contribution in [1.29, 1.82) is 0 Å². The fourth-order valence-electron chi connectivity index (χ4n) is 3.31. The van der Waals surface area contributed by atoms with E-state index in [0.717, 1.165) is 35.3 Å². The first-order valence-electron chi connectivity index (χ1n) is 8.61. The Hall–Kier alpha value is -2.06. The first-order valence-corrected chi connectivity index (χ1v) is 9.43. The number of hydrogen-bond donors (Lipinski definition) is 1. The average molecular weight is 358 g/mol. The lowest BCUT2D eigenvalue weighted by Gasteiger charge is -2.17. The smallest absolute Gasteiger partial charge is 0.291 e. The average Bonchev–Trinajstić information content (AvgIpc) is 3.14. The molecule has 0 saturated carbocycles. The Morgan fingerprint density at radius 3 is 3.12 bits per heavy atom. The molecule has 0 fully saturated rings. The number of hydrogen-bond acceptors (Lipinski definition) is 6. The Kier molecular flexibility index (Phi) is 4.16. The van der Waals surface area contributed by atoms with Crippen LogP contribution in [0.2, 0.25) is 0 Å². The molecule has 1 N–H and O–H groups in total. The van der Waals surface area contributed by atoms with Crippen LogP contribution in [0.3, 0.4) is 0 Å². The molecule has 1 atom stereocenters. The van der Waals surface area contributed by atoms with Gasteiger partial charge in [0.15, 0.2) is 5.65 Å². The van der Waals surface area contributed by atoms with Gasteiger partial charge >= 0.3 is 0 Å². The minimum atomic E-state index is -0.240. The highest BCUT2D eigenvalue weighted by atomic mass is 32.1. The van der Waals surface area contributed by atoms with E-state index in [-0.39, 0.29) is 11.7 Å². The van der Waals surface area contributed by atoms with Gasteiger partial charge < -0.3 is 10.2 Å². The molecular weight excluding hydrogens is 336 g/mol. The Morgan fingerprint density at radius 1 is 1.48 bits per heavy atom. The second kappa shape index (κ2) is 6.34. The van der Waals surface area contributed by atoms with Gasteiger partial charge in [-0.2, -0.15) is 0 Å². The van der Waals surface area contributed by atoms with Crippen molar-refractivity contribution in [3.05, 3.63) is 22.6 Å². The van der Waals surface area contributed by atoms with Crippen molar-refractivity contribution in [2.45, 2.75) is 26.2 Å². The summed E-state index contributed by atoms with van der Waals surface area (Å²) in [5.74, 6) is 0.635. The summed E-state index contributed by atoms with van der Waals surface area (Å²) in [4.78, 5) is 25.8. The largest absolute Gasteiger partial charge is 0.348 e. The number of nitrogens with one attached hydrogen (secondary N) is 1. The van der Waals surface area contributed by atoms with E-state index >= 15 is 0 Å². The number of fused-ring (bicyclic) bond motifs is 5. The summed E-state index contributed by atoms with van der Waals surface area (Å²) in [6.07, 6.45) is 5.04. The standard InChI is InChI=1S/C17H22N6OS/c1-10-4-5-12-11(8-10)13-15-20-14(16(24)18-6-7-22(2)3)21-23(15)9-19-17(13)25-12/h9-10H,4-8H2,1-3H3,(H,18,24)/t10-/m0/s1. The number of nitrogens with zero attached hydrogens (tertiary/aromatic N) is 5. The molecule has 0 bridgehead atoms. The number of aromatic nitrogens is 4. The number of likely N-dealkylation sites (N-methyl/N-ethyl adjacent to an activating group) is 1. The Balaban J connectivity index is 1.71. The molecule has 0 aliphatic heterocycles. The Bertz CT molecular complexity index is 944. The van der Waals surface area contributed by atoms with Gasteiger partial charge in [0.2, 0.25) is 5.82 Å². The van der Waals surface area contributed by atoms with Gasteiger partial charge in [-0.15, -0.1) is 16.4 Å². The molecule has 0 aromatic carbocycles. The predicted octanol–water partition coefficient (Wildman–Crippen LogP) is 1.76. The number of carbonyl (C=O) groups excluding carboxylic acids is 1. The Morgan fingerprint density at radius 2 is 2.32 bits per heavy atom. The summed E-state index contributed by atoms with van der Waals surface area (Å²) in [7, 11) is 3.94. The van der Waals surface area contributed by atoms with Crippen LogP contribution in [0.4, 0.5) is 0 Å². The number of thiophene rings is 1. The van der Waals surface area contributed by atoms with Crippen molar-refractivity contribution in [3.63, 3.8) is 0 Å². The summed E-state index contributed by atoms with van der Waals surface area (Å²) >= 11 is 1.75. The van der Waals surface area contributed by atoms with Crippen LogP contribution < -0.4 is 5.32 Å². The first-order chi connectivity index (χ1) is 12.0. The van der Waals surface area contributed by atoms with Crippen LogP contribution in [0.15, 0.2) is 6.33 Å². The summed E-state index contributed by atoms with van der Waals surface area (Å²) in [5.41, 5.74) is 2.10. The highest BCUT2D eigenvalue weighted by Crippen LogP contribution is 2.38. The summed E-state index contributed by atoms with van der Waals surface area (Å²) in [6, 6.07) is 0. The van der Waals surface area contributed by atoms with Crippen molar-refractivity contribution in [3.8, 4) is 0 Å². The zero-order valence-corrected chi connectivity index (χ0v) is 15.6. The van der Waals surface area contributed by atoms with Gasteiger partial charge in [0.1, 0.15) is 11.2 Å². The van der Waals surface area contributed by atoms with Gasteiger partial charge in [-0.05, 0) is 44.8 Å². The molecule has 132 valence electrons. The van der Waals surface area contributed by atoms with E-state index in [0.29, 0.717) is 12.5 Å². The minimum absolute atomic E-state index is 0.205. The molecular formula is C17H22N6OS. The van der Waals surface area contributed by atoms with E-state index in [1.807, 2.05) is 19.0 Å². The third-order valence-electron chi connectivity index (χ3n) is 4.68. The van der Waals surface area contributed by atoms with Gasteiger partial charge in [0.25, 0.3) is 5.91 Å². The number of amides is 1. The van der Waals surface area contributed by atoms with Gasteiger partial charge in [0, 0.05) is 18.0 Å². The van der Waals surface area contributed by atoms with Gasteiger partial charge in [-0.25, -0.2) is 14.5 Å². The van der Waals surface area contributed by atoms with E-state index in [1.54, 1.807) is 22.2 Å². The van der Waals surface area contributed by atoms with Crippen molar-refractivity contribution < 1.29 is 4.79 Å². The second-order valence-electron chi connectivity index (χ2n) is 7.04. The van der Waals surface area contributed by atoms with Crippen LogP contribution in [0.1, 0.15) is 34.4 Å². The molecule has 1 amide bonds. The van der Waals surface area contributed by atoms with Crippen LogP contribution in [0.25, 0.3) is 15.9 Å². The highest BCUT2D eigenvalue weighted by Gasteiger charge is 2.24. The first kappa shape index (κ1) is 16.4. The number of carbonyl (C=O) groups is 1. The molecule has 0 saturated heterocycles. The van der Waals surface area contributed by atoms with E-state index < -0.39 is 0 Å². The third kappa shape index (κ3) is 3.00. The third-order valence-corrected chi connectivity index (χ3v) is 5.88. The Labute approximate surface area is 150 Å².